The largest absolute Gasteiger partial charge is 0.457 e. The molecule has 0 unspecified atom stereocenters. The van der Waals surface area contributed by atoms with E-state index in [2.05, 4.69) is 49.9 Å². The van der Waals surface area contributed by atoms with Gasteiger partial charge in [-0.3, -0.25) is 0 Å². The molecular formula is C24H31NO2. The van der Waals surface area contributed by atoms with Crippen LogP contribution in [0.5, 0.6) is 0 Å². The lowest BCUT2D eigenvalue weighted by Gasteiger charge is -2.12. The van der Waals surface area contributed by atoms with Crippen molar-refractivity contribution in [1.29, 1.82) is 0 Å². The summed E-state index contributed by atoms with van der Waals surface area (Å²) in [4.78, 5) is 13.8. The molecule has 2 aromatic carbocycles. The van der Waals surface area contributed by atoms with Crippen LogP contribution >= 0.6 is 0 Å². The van der Waals surface area contributed by atoms with Crippen molar-refractivity contribution in [3.05, 3.63) is 71.8 Å². The molecule has 0 saturated heterocycles. The van der Waals surface area contributed by atoms with Crippen LogP contribution in [0.1, 0.15) is 37.3 Å². The van der Waals surface area contributed by atoms with E-state index in [-0.39, 0.29) is 12.6 Å². The Bertz CT molecular complexity index is 730. The number of hydrogen-bond donors (Lipinski definition) is 0. The van der Waals surface area contributed by atoms with Crippen molar-refractivity contribution < 1.29 is 9.53 Å². The number of carbonyl (C=O) groups excluding carboxylic acids is 1. The summed E-state index contributed by atoms with van der Waals surface area (Å²) < 4.78 is 5.33. The highest BCUT2D eigenvalue weighted by atomic mass is 16.5. The molecule has 0 atom stereocenters. The summed E-state index contributed by atoms with van der Waals surface area (Å²) in [5.74, 6) is -0.341. The van der Waals surface area contributed by atoms with Crippen molar-refractivity contribution in [3.8, 4) is 11.1 Å². The molecule has 0 N–H and O–H groups in total. The summed E-state index contributed by atoms with van der Waals surface area (Å²) in [7, 11) is 3.80. The van der Waals surface area contributed by atoms with Gasteiger partial charge in [0.1, 0.15) is 6.61 Å². The minimum Gasteiger partial charge on any atom is -0.457 e. The second-order valence-corrected chi connectivity index (χ2v) is 7.27. The quantitative estimate of drug-likeness (QED) is 0.327. The monoisotopic (exact) mass is 365 g/mol. The molecule has 0 saturated carbocycles. The second-order valence-electron chi connectivity index (χ2n) is 7.27. The van der Waals surface area contributed by atoms with E-state index < -0.39 is 0 Å². The molecule has 144 valence electrons. The van der Waals surface area contributed by atoms with Gasteiger partial charge in [-0.25, -0.2) is 4.79 Å². The van der Waals surface area contributed by atoms with E-state index in [1.165, 1.54) is 36.0 Å². The lowest BCUT2D eigenvalue weighted by atomic mass is 10.0. The number of unbranched alkanes of at least 4 members (excludes halogenated alkanes) is 2. The third kappa shape index (κ3) is 7.03. The number of likely N-dealkylation sites (N-methyl/N-ethyl adjacent to an activating group) is 1. The highest BCUT2D eigenvalue weighted by Gasteiger charge is 2.09. The molecule has 2 rings (SSSR count). The number of ether oxygens (including phenoxy) is 1. The van der Waals surface area contributed by atoms with Crippen molar-refractivity contribution in [1.82, 2.24) is 4.90 Å². The third-order valence-electron chi connectivity index (χ3n) is 4.48. The van der Waals surface area contributed by atoms with Crippen molar-refractivity contribution in [2.45, 2.75) is 39.2 Å². The van der Waals surface area contributed by atoms with E-state index >= 15 is 0 Å². The van der Waals surface area contributed by atoms with E-state index in [0.29, 0.717) is 12.1 Å². The highest BCUT2D eigenvalue weighted by Crippen LogP contribution is 2.21. The third-order valence-corrected chi connectivity index (χ3v) is 4.48. The maximum Gasteiger partial charge on any atom is 0.335 e. The first kappa shape index (κ1) is 20.9. The van der Waals surface area contributed by atoms with Crippen LogP contribution in [0.15, 0.2) is 60.7 Å². The van der Waals surface area contributed by atoms with Crippen LogP contribution in [-0.2, 0) is 22.6 Å². The van der Waals surface area contributed by atoms with E-state index in [1.54, 1.807) is 0 Å². The molecular weight excluding hydrogens is 334 g/mol. The van der Waals surface area contributed by atoms with Crippen LogP contribution in [-0.4, -0.2) is 31.5 Å². The second kappa shape index (κ2) is 10.7. The molecule has 0 radical (unpaired) electrons. The van der Waals surface area contributed by atoms with Crippen molar-refractivity contribution >= 4 is 5.97 Å². The molecule has 3 nitrogen and oxygen atoms in total. The fourth-order valence-electron chi connectivity index (χ4n) is 2.93. The van der Waals surface area contributed by atoms with Crippen LogP contribution in [0.25, 0.3) is 11.1 Å². The Morgan fingerprint density at radius 2 is 1.48 bits per heavy atom. The number of hydrogen-bond acceptors (Lipinski definition) is 3. The SMILES string of the molecule is C=C(CN(C)C)C(=O)OCc1ccc(-c2ccc(CCCCC)cc2)cc1. The van der Waals surface area contributed by atoms with E-state index in [0.717, 1.165) is 12.0 Å². The van der Waals surface area contributed by atoms with Crippen molar-refractivity contribution in [3.63, 3.8) is 0 Å². The zero-order chi connectivity index (χ0) is 19.6. The molecule has 0 spiro atoms. The molecule has 0 aliphatic carbocycles. The fourth-order valence-corrected chi connectivity index (χ4v) is 2.93. The minimum absolute atomic E-state index is 0.266. The van der Waals surface area contributed by atoms with Gasteiger partial charge in [-0.1, -0.05) is 74.9 Å². The molecule has 27 heavy (non-hydrogen) atoms. The Balaban J connectivity index is 1.89. The molecule has 2 aromatic rings. The average molecular weight is 366 g/mol. The molecule has 0 aliphatic rings. The van der Waals surface area contributed by atoms with Crippen molar-refractivity contribution in [2.75, 3.05) is 20.6 Å². The lowest BCUT2D eigenvalue weighted by molar-refractivity contribution is -0.140. The highest BCUT2D eigenvalue weighted by molar-refractivity contribution is 5.88. The molecule has 0 aromatic heterocycles. The average Bonchev–Trinajstić information content (AvgIpc) is 2.67. The standard InChI is InChI=1S/C24H31NO2/c1-5-6-7-8-20-9-13-22(14-10-20)23-15-11-21(12-16-23)18-27-24(26)19(2)17-25(3)4/h9-16H,2,5-8,17-18H2,1,3-4H3. The molecule has 0 aliphatic heterocycles. The molecule has 0 bridgehead atoms. The number of rotatable bonds is 10. The summed E-state index contributed by atoms with van der Waals surface area (Å²) in [5.41, 5.74) is 5.21. The summed E-state index contributed by atoms with van der Waals surface area (Å²) in [6.45, 7) is 6.78. The van der Waals surface area contributed by atoms with E-state index in [4.69, 9.17) is 4.74 Å². The number of carbonyl (C=O) groups is 1. The van der Waals surface area contributed by atoms with Crippen LogP contribution in [0.4, 0.5) is 0 Å². The van der Waals surface area contributed by atoms with Crippen LogP contribution in [0, 0.1) is 0 Å². The van der Waals surface area contributed by atoms with Gasteiger partial charge in [0.15, 0.2) is 0 Å². The van der Waals surface area contributed by atoms with Crippen molar-refractivity contribution in [2.24, 2.45) is 0 Å². The zero-order valence-corrected chi connectivity index (χ0v) is 16.8. The number of aryl methyl sites for hydroxylation is 1. The summed E-state index contributed by atoms with van der Waals surface area (Å²) in [6, 6.07) is 17.0. The first-order valence-corrected chi connectivity index (χ1v) is 9.67. The number of benzene rings is 2. The fraction of sp³-hybridized carbons (Fsp3) is 0.375. The van der Waals surface area contributed by atoms with E-state index in [1.807, 2.05) is 31.1 Å². The van der Waals surface area contributed by atoms with Gasteiger partial charge in [-0.05, 0) is 49.2 Å². The van der Waals surface area contributed by atoms with Gasteiger partial charge in [0, 0.05) is 12.1 Å². The Hall–Kier alpha value is -2.39. The van der Waals surface area contributed by atoms with Gasteiger partial charge in [-0.15, -0.1) is 0 Å². The topological polar surface area (TPSA) is 29.5 Å². The molecule has 3 heteroatoms. The van der Waals surface area contributed by atoms with Gasteiger partial charge >= 0.3 is 5.97 Å². The summed E-state index contributed by atoms with van der Waals surface area (Å²) in [6.07, 6.45) is 4.95. The Labute approximate surface area is 163 Å². The smallest absolute Gasteiger partial charge is 0.335 e. The number of nitrogens with zero attached hydrogens (tertiary/aromatic N) is 1. The lowest BCUT2D eigenvalue weighted by Crippen LogP contribution is -2.20. The normalized spacial score (nSPS) is 10.8. The molecule has 0 heterocycles. The van der Waals surface area contributed by atoms with Gasteiger partial charge < -0.3 is 9.64 Å². The van der Waals surface area contributed by atoms with Crippen LogP contribution in [0.3, 0.4) is 0 Å². The van der Waals surface area contributed by atoms with Gasteiger partial charge in [0.05, 0.1) is 0 Å². The van der Waals surface area contributed by atoms with Crippen LogP contribution in [0.2, 0.25) is 0 Å². The maximum absolute atomic E-state index is 11.9. The zero-order valence-electron chi connectivity index (χ0n) is 16.8. The summed E-state index contributed by atoms with van der Waals surface area (Å²) >= 11 is 0. The summed E-state index contributed by atoms with van der Waals surface area (Å²) in [5, 5.41) is 0. The first-order chi connectivity index (χ1) is 13.0. The van der Waals surface area contributed by atoms with Crippen LogP contribution < -0.4 is 0 Å². The van der Waals surface area contributed by atoms with E-state index in [9.17, 15) is 4.79 Å². The van der Waals surface area contributed by atoms with Gasteiger partial charge in [0.25, 0.3) is 0 Å². The van der Waals surface area contributed by atoms with Gasteiger partial charge in [0.2, 0.25) is 0 Å². The predicted molar refractivity (Wildman–Crippen MR) is 113 cm³/mol. The molecule has 0 fully saturated rings. The Morgan fingerprint density at radius 3 is 2.00 bits per heavy atom. The Kier molecular flexibility index (Phi) is 8.28. The maximum atomic E-state index is 11.9. The minimum atomic E-state index is -0.341. The van der Waals surface area contributed by atoms with Gasteiger partial charge in [-0.2, -0.15) is 0 Å². The predicted octanol–water partition coefficient (Wildman–Crippen LogP) is 5.25. The Morgan fingerprint density at radius 1 is 0.926 bits per heavy atom. The molecule has 0 amide bonds. The number of esters is 1. The first-order valence-electron chi connectivity index (χ1n) is 9.67.